The molecule has 0 radical (unpaired) electrons. The molecule has 0 saturated carbocycles. The largest absolute Gasteiger partial charge is 0.493 e. The molecular weight excluding hydrogens is 372 g/mol. The van der Waals surface area contributed by atoms with Crippen LogP contribution in [0.4, 0.5) is 0 Å². The quantitative estimate of drug-likeness (QED) is 0.553. The summed E-state index contributed by atoms with van der Waals surface area (Å²) in [6.07, 6.45) is 0. The molecule has 29 heavy (non-hydrogen) atoms. The highest BCUT2D eigenvalue weighted by molar-refractivity contribution is 5.92. The fraction of sp³-hybridized carbons (Fsp3) is 0.273. The molecule has 0 fully saturated rings. The molecule has 3 rings (SSSR count). The zero-order chi connectivity index (χ0) is 20.6. The van der Waals surface area contributed by atoms with Crippen molar-refractivity contribution in [2.24, 2.45) is 0 Å². The van der Waals surface area contributed by atoms with E-state index in [0.717, 1.165) is 11.1 Å². The average Bonchev–Trinajstić information content (AvgIpc) is 3.25. The van der Waals surface area contributed by atoms with Crippen LogP contribution in [0, 0.1) is 0 Å². The maximum Gasteiger partial charge on any atom is 0.290 e. The smallest absolute Gasteiger partial charge is 0.290 e. The second kappa shape index (κ2) is 9.75. The molecule has 1 amide bonds. The summed E-state index contributed by atoms with van der Waals surface area (Å²) < 4.78 is 21.2. The van der Waals surface area contributed by atoms with E-state index in [-0.39, 0.29) is 17.7 Å². The Labute approximate surface area is 169 Å². The van der Waals surface area contributed by atoms with Crippen LogP contribution in [0.15, 0.2) is 59.1 Å². The first-order chi connectivity index (χ1) is 14.1. The SMILES string of the molecule is COCCOc1ccc(C(C)NC(=O)c2cc(-c3ccccc3)no2)cc1OC. The van der Waals surface area contributed by atoms with Crippen LogP contribution in [-0.2, 0) is 4.74 Å². The van der Waals surface area contributed by atoms with Gasteiger partial charge >= 0.3 is 0 Å². The minimum Gasteiger partial charge on any atom is -0.493 e. The lowest BCUT2D eigenvalue weighted by Gasteiger charge is -2.16. The van der Waals surface area contributed by atoms with Gasteiger partial charge in [0.1, 0.15) is 12.3 Å². The number of hydrogen-bond donors (Lipinski definition) is 1. The van der Waals surface area contributed by atoms with Gasteiger partial charge in [0.2, 0.25) is 5.76 Å². The Morgan fingerprint density at radius 2 is 1.86 bits per heavy atom. The number of carbonyl (C=O) groups excluding carboxylic acids is 1. The highest BCUT2D eigenvalue weighted by atomic mass is 16.5. The van der Waals surface area contributed by atoms with Crippen LogP contribution in [0.5, 0.6) is 11.5 Å². The molecule has 0 bridgehead atoms. The van der Waals surface area contributed by atoms with Gasteiger partial charge in [-0.2, -0.15) is 0 Å². The summed E-state index contributed by atoms with van der Waals surface area (Å²) in [5.41, 5.74) is 2.37. The molecule has 1 N–H and O–H groups in total. The van der Waals surface area contributed by atoms with E-state index in [1.165, 1.54) is 0 Å². The van der Waals surface area contributed by atoms with Crippen LogP contribution in [-0.4, -0.2) is 38.5 Å². The second-order valence-electron chi connectivity index (χ2n) is 6.39. The molecule has 1 unspecified atom stereocenters. The van der Waals surface area contributed by atoms with E-state index >= 15 is 0 Å². The highest BCUT2D eigenvalue weighted by Crippen LogP contribution is 2.30. The van der Waals surface area contributed by atoms with Crippen LogP contribution >= 0.6 is 0 Å². The number of aromatic nitrogens is 1. The summed E-state index contributed by atoms with van der Waals surface area (Å²) in [5, 5.41) is 6.89. The monoisotopic (exact) mass is 396 g/mol. The van der Waals surface area contributed by atoms with Gasteiger partial charge in [-0.15, -0.1) is 0 Å². The number of carbonyl (C=O) groups is 1. The number of rotatable bonds is 9. The molecule has 3 aromatic rings. The first kappa shape index (κ1) is 20.4. The molecule has 0 aliphatic rings. The van der Waals surface area contributed by atoms with Gasteiger partial charge in [-0.25, -0.2) is 0 Å². The fourth-order valence-corrected chi connectivity index (χ4v) is 2.79. The Morgan fingerprint density at radius 3 is 2.59 bits per heavy atom. The molecule has 0 spiro atoms. The van der Waals surface area contributed by atoms with Gasteiger partial charge in [0.15, 0.2) is 11.5 Å². The molecule has 1 aromatic heterocycles. The molecule has 1 atom stereocenters. The summed E-state index contributed by atoms with van der Waals surface area (Å²) >= 11 is 0. The number of ether oxygens (including phenoxy) is 3. The van der Waals surface area contributed by atoms with E-state index in [9.17, 15) is 4.79 Å². The van der Waals surface area contributed by atoms with E-state index in [1.54, 1.807) is 20.3 Å². The number of nitrogens with one attached hydrogen (secondary N) is 1. The summed E-state index contributed by atoms with van der Waals surface area (Å²) in [4.78, 5) is 12.6. The van der Waals surface area contributed by atoms with Crippen molar-refractivity contribution >= 4 is 5.91 Å². The Hall–Kier alpha value is -3.32. The van der Waals surface area contributed by atoms with Crippen molar-refractivity contribution in [2.75, 3.05) is 27.4 Å². The minimum atomic E-state index is -0.341. The molecule has 2 aromatic carbocycles. The van der Waals surface area contributed by atoms with Crippen LogP contribution in [0.2, 0.25) is 0 Å². The van der Waals surface area contributed by atoms with Gasteiger partial charge in [-0.05, 0) is 24.6 Å². The molecule has 7 heteroatoms. The Bertz CT molecular complexity index is 939. The number of methoxy groups -OCH3 is 2. The van der Waals surface area contributed by atoms with Crippen molar-refractivity contribution < 1.29 is 23.5 Å². The van der Waals surface area contributed by atoms with Crippen molar-refractivity contribution in [3.05, 3.63) is 65.9 Å². The first-order valence-electron chi connectivity index (χ1n) is 9.25. The Kier molecular flexibility index (Phi) is 6.86. The molecule has 0 aliphatic carbocycles. The maximum atomic E-state index is 12.6. The van der Waals surface area contributed by atoms with Gasteiger partial charge in [-0.1, -0.05) is 41.6 Å². The van der Waals surface area contributed by atoms with Crippen LogP contribution in [0.3, 0.4) is 0 Å². The maximum absolute atomic E-state index is 12.6. The summed E-state index contributed by atoms with van der Waals surface area (Å²) in [6, 6.07) is 16.4. The number of nitrogens with zero attached hydrogens (tertiary/aromatic N) is 1. The highest BCUT2D eigenvalue weighted by Gasteiger charge is 2.18. The predicted octanol–water partition coefficient (Wildman–Crippen LogP) is 3.87. The predicted molar refractivity (Wildman–Crippen MR) is 108 cm³/mol. The molecular formula is C22H24N2O5. The van der Waals surface area contributed by atoms with Gasteiger partial charge in [0, 0.05) is 18.7 Å². The minimum absolute atomic E-state index is 0.155. The standard InChI is InChI=1S/C22H24N2O5/c1-15(17-9-10-19(20(13-17)27-3)28-12-11-26-2)23-22(25)21-14-18(24-29-21)16-7-5-4-6-8-16/h4-10,13-15H,11-12H2,1-3H3,(H,23,25). The third-order valence-electron chi connectivity index (χ3n) is 4.38. The third kappa shape index (κ3) is 5.14. The van der Waals surface area contributed by atoms with Crippen molar-refractivity contribution in [3.63, 3.8) is 0 Å². The summed E-state index contributed by atoms with van der Waals surface area (Å²) in [6.45, 7) is 2.79. The molecule has 152 valence electrons. The van der Waals surface area contributed by atoms with Crippen molar-refractivity contribution in [1.82, 2.24) is 10.5 Å². The van der Waals surface area contributed by atoms with E-state index in [0.29, 0.717) is 30.4 Å². The van der Waals surface area contributed by atoms with E-state index < -0.39 is 0 Å². The van der Waals surface area contributed by atoms with Gasteiger partial charge in [0.05, 0.1) is 19.8 Å². The normalized spacial score (nSPS) is 11.7. The first-order valence-corrected chi connectivity index (χ1v) is 9.25. The van der Waals surface area contributed by atoms with Gasteiger partial charge < -0.3 is 24.1 Å². The summed E-state index contributed by atoms with van der Waals surface area (Å²) in [7, 11) is 3.19. The van der Waals surface area contributed by atoms with Crippen LogP contribution in [0.25, 0.3) is 11.3 Å². The van der Waals surface area contributed by atoms with Crippen molar-refractivity contribution in [3.8, 4) is 22.8 Å². The lowest BCUT2D eigenvalue weighted by Crippen LogP contribution is -2.26. The van der Waals surface area contributed by atoms with Gasteiger partial charge in [0.25, 0.3) is 5.91 Å². The van der Waals surface area contributed by atoms with Crippen LogP contribution < -0.4 is 14.8 Å². The third-order valence-corrected chi connectivity index (χ3v) is 4.38. The molecule has 7 nitrogen and oxygen atoms in total. The Morgan fingerprint density at radius 1 is 1.07 bits per heavy atom. The Balaban J connectivity index is 1.67. The number of benzene rings is 2. The fourth-order valence-electron chi connectivity index (χ4n) is 2.79. The number of hydrogen-bond acceptors (Lipinski definition) is 6. The zero-order valence-electron chi connectivity index (χ0n) is 16.7. The van der Waals surface area contributed by atoms with Crippen molar-refractivity contribution in [1.29, 1.82) is 0 Å². The van der Waals surface area contributed by atoms with E-state index in [4.69, 9.17) is 18.7 Å². The average molecular weight is 396 g/mol. The topological polar surface area (TPSA) is 82.8 Å². The van der Waals surface area contributed by atoms with Crippen LogP contribution in [0.1, 0.15) is 29.1 Å². The number of amides is 1. The van der Waals surface area contributed by atoms with Gasteiger partial charge in [-0.3, -0.25) is 4.79 Å². The molecule has 0 saturated heterocycles. The molecule has 1 heterocycles. The molecule has 0 aliphatic heterocycles. The van der Waals surface area contributed by atoms with E-state index in [2.05, 4.69) is 10.5 Å². The van der Waals surface area contributed by atoms with E-state index in [1.807, 2.05) is 55.5 Å². The summed E-state index contributed by atoms with van der Waals surface area (Å²) in [5.74, 6) is 1.02. The second-order valence-corrected chi connectivity index (χ2v) is 6.39. The zero-order valence-corrected chi connectivity index (χ0v) is 16.7. The lowest BCUT2D eigenvalue weighted by atomic mass is 10.1. The lowest BCUT2D eigenvalue weighted by molar-refractivity contribution is 0.0902. The van der Waals surface area contributed by atoms with Crippen molar-refractivity contribution in [2.45, 2.75) is 13.0 Å².